The van der Waals surface area contributed by atoms with Crippen LogP contribution in [-0.4, -0.2) is 22.8 Å². The number of aliphatic carboxylic acids is 1. The van der Waals surface area contributed by atoms with E-state index in [4.69, 9.17) is 0 Å². The van der Waals surface area contributed by atoms with Gasteiger partial charge in [-0.2, -0.15) is 0 Å². The van der Waals surface area contributed by atoms with Crippen LogP contribution in [0.5, 0.6) is 0 Å². The molecule has 0 rings (SSSR count). The van der Waals surface area contributed by atoms with Crippen LogP contribution in [-0.2, 0) is 4.79 Å². The van der Waals surface area contributed by atoms with E-state index in [0.29, 0.717) is 12.5 Å². The van der Waals surface area contributed by atoms with Crippen molar-refractivity contribution < 1.29 is 15.0 Å². The van der Waals surface area contributed by atoms with Gasteiger partial charge in [0.05, 0.1) is 5.92 Å². The van der Waals surface area contributed by atoms with Crippen molar-refractivity contribution in [1.82, 2.24) is 0 Å². The molecule has 0 aliphatic rings. The fraction of sp³-hybridized carbons (Fsp3) is 0.975. The van der Waals surface area contributed by atoms with Crippen LogP contribution in [0.2, 0.25) is 0 Å². The van der Waals surface area contributed by atoms with Gasteiger partial charge in [0.15, 0.2) is 0 Å². The van der Waals surface area contributed by atoms with Gasteiger partial charge >= 0.3 is 5.97 Å². The average Bonchev–Trinajstić information content (AvgIpc) is 3.01. The number of hydrogen-bond donors (Lipinski definition) is 2. The van der Waals surface area contributed by atoms with Crippen molar-refractivity contribution in [2.45, 2.75) is 233 Å². The summed E-state index contributed by atoms with van der Waals surface area (Å²) in [6.07, 6.45) is 41.4. The zero-order valence-corrected chi connectivity index (χ0v) is 30.3. The number of carbonyl (C=O) groups is 1. The first kappa shape index (κ1) is 44.6. The molecule has 2 atom stereocenters. The van der Waals surface area contributed by atoms with Gasteiger partial charge in [-0.25, -0.2) is 0 Å². The van der Waals surface area contributed by atoms with Crippen molar-refractivity contribution in [3.8, 4) is 0 Å². The topological polar surface area (TPSA) is 57.5 Å². The number of carboxylic acid groups (broad SMARTS) is 1. The lowest BCUT2D eigenvalue weighted by molar-refractivity contribution is -0.142. The zero-order valence-electron chi connectivity index (χ0n) is 30.3. The van der Waals surface area contributed by atoms with Gasteiger partial charge in [0.1, 0.15) is 0 Å². The number of rotatable bonds is 34. The Morgan fingerprint density at radius 1 is 0.395 bits per heavy atom. The van der Waals surface area contributed by atoms with E-state index in [0.717, 1.165) is 25.7 Å². The molecule has 0 aliphatic carbocycles. The third-order valence-electron chi connectivity index (χ3n) is 9.35. The molecule has 0 heterocycles. The SMILES string of the molecule is CCCCCCCCCCC(CCCCCCCC)C(=O)O.CCCCCCCCCCC(CO)CCCCCCCC. The molecule has 0 radical (unpaired) electrons. The molecule has 260 valence electrons. The van der Waals surface area contributed by atoms with Crippen LogP contribution in [0.4, 0.5) is 0 Å². The Hall–Kier alpha value is -0.570. The molecule has 0 aromatic rings. The Balaban J connectivity index is 0. The quantitative estimate of drug-likeness (QED) is 0.0712. The highest BCUT2D eigenvalue weighted by molar-refractivity contribution is 5.69. The Kier molecular flexibility index (Phi) is 40.9. The second-order valence-electron chi connectivity index (χ2n) is 13.7. The van der Waals surface area contributed by atoms with Gasteiger partial charge in [0, 0.05) is 6.61 Å². The van der Waals surface area contributed by atoms with E-state index in [1.54, 1.807) is 0 Å². The van der Waals surface area contributed by atoms with E-state index in [-0.39, 0.29) is 5.92 Å². The normalized spacial score (nSPS) is 12.6. The maximum Gasteiger partial charge on any atom is 0.306 e. The fourth-order valence-electron chi connectivity index (χ4n) is 6.19. The summed E-state index contributed by atoms with van der Waals surface area (Å²) in [7, 11) is 0. The van der Waals surface area contributed by atoms with Crippen molar-refractivity contribution in [2.24, 2.45) is 11.8 Å². The molecule has 3 heteroatoms. The molecular weight excluding hydrogens is 528 g/mol. The van der Waals surface area contributed by atoms with Crippen molar-refractivity contribution in [3.05, 3.63) is 0 Å². The van der Waals surface area contributed by atoms with Crippen LogP contribution in [0.15, 0.2) is 0 Å². The van der Waals surface area contributed by atoms with Crippen molar-refractivity contribution >= 4 is 5.97 Å². The highest BCUT2D eigenvalue weighted by Gasteiger charge is 2.16. The number of hydrogen-bond acceptors (Lipinski definition) is 2. The summed E-state index contributed by atoms with van der Waals surface area (Å²) in [6.45, 7) is 9.43. The minimum absolute atomic E-state index is 0.0914. The Morgan fingerprint density at radius 3 is 0.860 bits per heavy atom. The highest BCUT2D eigenvalue weighted by Crippen LogP contribution is 2.21. The summed E-state index contributed by atoms with van der Waals surface area (Å²) in [5, 5.41) is 18.8. The van der Waals surface area contributed by atoms with E-state index in [1.807, 2.05) is 0 Å². The third kappa shape index (κ3) is 37.5. The third-order valence-corrected chi connectivity index (χ3v) is 9.35. The molecule has 0 bridgehead atoms. The maximum atomic E-state index is 11.3. The van der Waals surface area contributed by atoms with Gasteiger partial charge in [0.2, 0.25) is 0 Å². The molecule has 2 unspecified atom stereocenters. The van der Waals surface area contributed by atoms with Crippen molar-refractivity contribution in [1.29, 1.82) is 0 Å². The maximum absolute atomic E-state index is 11.3. The van der Waals surface area contributed by atoms with E-state index in [2.05, 4.69) is 27.7 Å². The molecule has 0 fully saturated rings. The summed E-state index contributed by atoms with van der Waals surface area (Å²) >= 11 is 0. The Labute approximate surface area is 272 Å². The molecule has 0 saturated heterocycles. The lowest BCUT2D eigenvalue weighted by Crippen LogP contribution is -2.13. The van der Waals surface area contributed by atoms with Crippen molar-refractivity contribution in [3.63, 3.8) is 0 Å². The molecule has 0 spiro atoms. The van der Waals surface area contributed by atoms with Crippen LogP contribution in [0.1, 0.15) is 233 Å². The monoisotopic (exact) mass is 611 g/mol. The first-order valence-corrected chi connectivity index (χ1v) is 19.9. The lowest BCUT2D eigenvalue weighted by Gasteiger charge is -2.13. The second-order valence-corrected chi connectivity index (χ2v) is 13.7. The van der Waals surface area contributed by atoms with E-state index < -0.39 is 5.97 Å². The summed E-state index contributed by atoms with van der Waals surface area (Å²) in [5.41, 5.74) is 0. The predicted molar refractivity (Wildman–Crippen MR) is 192 cm³/mol. The number of aliphatic hydroxyl groups is 1. The van der Waals surface area contributed by atoms with Crippen LogP contribution < -0.4 is 0 Å². The van der Waals surface area contributed by atoms with Crippen LogP contribution in [0, 0.1) is 11.8 Å². The lowest BCUT2D eigenvalue weighted by atomic mass is 9.94. The van der Waals surface area contributed by atoms with Crippen LogP contribution >= 0.6 is 0 Å². The number of aliphatic hydroxyl groups excluding tert-OH is 1. The fourth-order valence-corrected chi connectivity index (χ4v) is 6.19. The number of carboxylic acids is 1. The molecule has 0 aliphatic heterocycles. The first-order valence-electron chi connectivity index (χ1n) is 19.9. The standard InChI is InChI=1S/C20H40O2.C20H42O/c1-3-5-7-9-11-12-14-16-18-19(20(21)22)17-15-13-10-8-6-4-2;1-3-5-7-9-11-12-14-16-18-20(19-21)17-15-13-10-8-6-4-2/h19H,3-18H2,1-2H3,(H,21,22);20-21H,3-19H2,1-2H3. The van der Waals surface area contributed by atoms with Gasteiger partial charge < -0.3 is 10.2 Å². The van der Waals surface area contributed by atoms with Gasteiger partial charge in [-0.05, 0) is 31.6 Å². The molecule has 2 N–H and O–H groups in total. The molecule has 0 saturated carbocycles. The number of unbranched alkanes of at least 4 members (excludes halogenated alkanes) is 24. The molecular formula is C40H82O3. The van der Waals surface area contributed by atoms with Gasteiger partial charge in [-0.3, -0.25) is 4.79 Å². The Bertz CT molecular complexity index is 506. The summed E-state index contributed by atoms with van der Waals surface area (Å²) in [6, 6.07) is 0. The second kappa shape index (κ2) is 39.5. The minimum Gasteiger partial charge on any atom is -0.481 e. The summed E-state index contributed by atoms with van der Waals surface area (Å²) < 4.78 is 0. The predicted octanol–water partition coefficient (Wildman–Crippen LogP) is 13.8. The van der Waals surface area contributed by atoms with Gasteiger partial charge in [0.25, 0.3) is 0 Å². The molecule has 0 amide bonds. The molecule has 0 aromatic carbocycles. The van der Waals surface area contributed by atoms with Crippen molar-refractivity contribution in [2.75, 3.05) is 6.61 Å². The average molecular weight is 611 g/mol. The summed E-state index contributed by atoms with van der Waals surface area (Å²) in [4.78, 5) is 11.3. The van der Waals surface area contributed by atoms with Gasteiger partial charge in [-0.15, -0.1) is 0 Å². The highest BCUT2D eigenvalue weighted by atomic mass is 16.4. The van der Waals surface area contributed by atoms with E-state index in [9.17, 15) is 15.0 Å². The van der Waals surface area contributed by atoms with E-state index >= 15 is 0 Å². The summed E-state index contributed by atoms with van der Waals surface area (Å²) in [5.74, 6) is -0.0842. The largest absolute Gasteiger partial charge is 0.481 e. The first-order chi connectivity index (χ1) is 21.1. The van der Waals surface area contributed by atoms with E-state index in [1.165, 1.54) is 180 Å². The molecule has 43 heavy (non-hydrogen) atoms. The molecule has 0 aromatic heterocycles. The molecule has 3 nitrogen and oxygen atoms in total. The minimum atomic E-state index is -0.573. The van der Waals surface area contributed by atoms with Gasteiger partial charge in [-0.1, -0.05) is 207 Å². The van der Waals surface area contributed by atoms with Crippen LogP contribution in [0.25, 0.3) is 0 Å². The smallest absolute Gasteiger partial charge is 0.306 e. The zero-order chi connectivity index (χ0) is 32.1. The Morgan fingerprint density at radius 2 is 0.628 bits per heavy atom. The van der Waals surface area contributed by atoms with Crippen LogP contribution in [0.3, 0.4) is 0 Å².